The number of carbonyl (C=O) groups is 1. The third kappa shape index (κ3) is 4.35. The van der Waals surface area contributed by atoms with Gasteiger partial charge in [0.2, 0.25) is 5.91 Å². The Morgan fingerprint density at radius 2 is 2.11 bits per heavy atom. The first-order valence-corrected chi connectivity index (χ1v) is 7.24. The van der Waals surface area contributed by atoms with E-state index in [9.17, 15) is 4.79 Å². The molecule has 1 aromatic rings. The number of amides is 1. The molecule has 0 spiro atoms. The predicted molar refractivity (Wildman–Crippen MR) is 79.0 cm³/mol. The van der Waals surface area contributed by atoms with Crippen molar-refractivity contribution in [2.75, 3.05) is 5.32 Å². The molecular weight excluding hydrogens is 236 g/mol. The van der Waals surface area contributed by atoms with Crippen LogP contribution in [0.4, 0.5) is 5.69 Å². The molecule has 1 aliphatic carbocycles. The van der Waals surface area contributed by atoms with Crippen molar-refractivity contribution in [1.29, 1.82) is 0 Å². The summed E-state index contributed by atoms with van der Waals surface area (Å²) in [4.78, 5) is 11.2. The molecule has 0 aliphatic heterocycles. The van der Waals surface area contributed by atoms with Crippen LogP contribution in [0.1, 0.15) is 45.1 Å². The zero-order chi connectivity index (χ0) is 13.7. The van der Waals surface area contributed by atoms with Crippen molar-refractivity contribution in [3.05, 3.63) is 29.8 Å². The fourth-order valence-corrected chi connectivity index (χ4v) is 2.86. The normalized spacial score (nSPS) is 23.1. The monoisotopic (exact) mass is 260 g/mol. The van der Waals surface area contributed by atoms with Crippen LogP contribution < -0.4 is 10.6 Å². The number of hydrogen-bond donors (Lipinski definition) is 2. The van der Waals surface area contributed by atoms with Crippen molar-refractivity contribution in [3.8, 4) is 0 Å². The SMILES string of the molecule is CC(=O)Nc1ccccc1CNC1CCCC(C)C1. The van der Waals surface area contributed by atoms with Gasteiger partial charge in [0.1, 0.15) is 0 Å². The summed E-state index contributed by atoms with van der Waals surface area (Å²) in [5.74, 6) is 0.815. The Balaban J connectivity index is 1.93. The van der Waals surface area contributed by atoms with Gasteiger partial charge in [-0.15, -0.1) is 0 Å². The molecular formula is C16H24N2O. The van der Waals surface area contributed by atoms with Crippen LogP contribution in [-0.4, -0.2) is 11.9 Å². The van der Waals surface area contributed by atoms with E-state index in [1.165, 1.54) is 25.7 Å². The molecule has 1 aliphatic rings. The Hall–Kier alpha value is -1.35. The van der Waals surface area contributed by atoms with Crippen molar-refractivity contribution in [2.24, 2.45) is 5.92 Å². The van der Waals surface area contributed by atoms with E-state index in [-0.39, 0.29) is 5.91 Å². The van der Waals surface area contributed by atoms with Crippen LogP contribution >= 0.6 is 0 Å². The van der Waals surface area contributed by atoms with Gasteiger partial charge in [0.25, 0.3) is 0 Å². The van der Waals surface area contributed by atoms with E-state index < -0.39 is 0 Å². The third-order valence-corrected chi connectivity index (χ3v) is 3.85. The Morgan fingerprint density at radius 3 is 2.84 bits per heavy atom. The number of rotatable bonds is 4. The summed E-state index contributed by atoms with van der Waals surface area (Å²) in [5.41, 5.74) is 2.09. The van der Waals surface area contributed by atoms with Crippen LogP contribution in [0.3, 0.4) is 0 Å². The van der Waals surface area contributed by atoms with Gasteiger partial charge in [0, 0.05) is 25.2 Å². The number of benzene rings is 1. The lowest BCUT2D eigenvalue weighted by Gasteiger charge is -2.28. The smallest absolute Gasteiger partial charge is 0.221 e. The van der Waals surface area contributed by atoms with Gasteiger partial charge in [-0.05, 0) is 30.4 Å². The summed E-state index contributed by atoms with van der Waals surface area (Å²) in [6.45, 7) is 4.71. The van der Waals surface area contributed by atoms with Crippen molar-refractivity contribution >= 4 is 11.6 Å². The number of carbonyl (C=O) groups excluding carboxylic acids is 1. The van der Waals surface area contributed by atoms with Gasteiger partial charge in [0.15, 0.2) is 0 Å². The Kier molecular flexibility index (Phi) is 4.97. The first-order chi connectivity index (χ1) is 9.15. The molecule has 2 unspecified atom stereocenters. The molecule has 1 amide bonds. The summed E-state index contributed by atoms with van der Waals surface area (Å²) < 4.78 is 0. The number of nitrogens with one attached hydrogen (secondary N) is 2. The molecule has 0 aromatic heterocycles. The molecule has 0 radical (unpaired) electrons. The van der Waals surface area contributed by atoms with E-state index >= 15 is 0 Å². The van der Waals surface area contributed by atoms with Crippen molar-refractivity contribution in [2.45, 2.75) is 52.1 Å². The van der Waals surface area contributed by atoms with Gasteiger partial charge in [0.05, 0.1) is 0 Å². The molecule has 19 heavy (non-hydrogen) atoms. The fourth-order valence-electron chi connectivity index (χ4n) is 2.86. The van der Waals surface area contributed by atoms with Crippen LogP contribution in [0.2, 0.25) is 0 Å². The van der Waals surface area contributed by atoms with Crippen LogP contribution in [-0.2, 0) is 11.3 Å². The molecule has 0 heterocycles. The summed E-state index contributed by atoms with van der Waals surface area (Å²) in [7, 11) is 0. The lowest BCUT2D eigenvalue weighted by Crippen LogP contribution is -2.33. The molecule has 1 aromatic carbocycles. The summed E-state index contributed by atoms with van der Waals surface area (Å²) in [6, 6.07) is 8.63. The molecule has 2 N–H and O–H groups in total. The minimum absolute atomic E-state index is 0.0151. The second kappa shape index (κ2) is 6.71. The summed E-state index contributed by atoms with van der Waals surface area (Å²) in [6.07, 6.45) is 5.22. The summed E-state index contributed by atoms with van der Waals surface area (Å²) >= 11 is 0. The third-order valence-electron chi connectivity index (χ3n) is 3.85. The first-order valence-electron chi connectivity index (χ1n) is 7.24. The quantitative estimate of drug-likeness (QED) is 0.872. The van der Waals surface area contributed by atoms with E-state index in [2.05, 4.69) is 23.6 Å². The van der Waals surface area contributed by atoms with Gasteiger partial charge in [-0.25, -0.2) is 0 Å². The molecule has 104 valence electrons. The Labute approximate surface area is 115 Å². The molecule has 3 nitrogen and oxygen atoms in total. The van der Waals surface area contributed by atoms with Crippen LogP contribution in [0.15, 0.2) is 24.3 Å². The van der Waals surface area contributed by atoms with E-state index in [1.807, 2.05) is 18.2 Å². The van der Waals surface area contributed by atoms with Gasteiger partial charge in [-0.1, -0.05) is 38.0 Å². The van der Waals surface area contributed by atoms with Gasteiger partial charge in [-0.3, -0.25) is 4.79 Å². The highest BCUT2D eigenvalue weighted by molar-refractivity contribution is 5.89. The zero-order valence-electron chi connectivity index (χ0n) is 11.9. The van der Waals surface area contributed by atoms with Crippen molar-refractivity contribution in [3.63, 3.8) is 0 Å². The second-order valence-electron chi connectivity index (χ2n) is 5.69. The molecule has 0 bridgehead atoms. The topological polar surface area (TPSA) is 41.1 Å². The molecule has 0 saturated heterocycles. The minimum Gasteiger partial charge on any atom is -0.326 e. The maximum atomic E-state index is 11.2. The average molecular weight is 260 g/mol. The number of hydrogen-bond acceptors (Lipinski definition) is 2. The maximum absolute atomic E-state index is 11.2. The van der Waals surface area contributed by atoms with Crippen LogP contribution in [0.5, 0.6) is 0 Å². The highest BCUT2D eigenvalue weighted by atomic mass is 16.1. The number of anilines is 1. The Morgan fingerprint density at radius 1 is 1.32 bits per heavy atom. The standard InChI is InChI=1S/C16H24N2O/c1-12-6-5-8-15(10-12)17-11-14-7-3-4-9-16(14)18-13(2)19/h3-4,7,9,12,15,17H,5-6,8,10-11H2,1-2H3,(H,18,19). The van der Waals surface area contributed by atoms with Crippen molar-refractivity contribution in [1.82, 2.24) is 5.32 Å². The minimum atomic E-state index is -0.0151. The van der Waals surface area contributed by atoms with Crippen LogP contribution in [0, 0.1) is 5.92 Å². The lowest BCUT2D eigenvalue weighted by atomic mass is 9.87. The molecule has 2 atom stereocenters. The van der Waals surface area contributed by atoms with Gasteiger partial charge < -0.3 is 10.6 Å². The second-order valence-corrected chi connectivity index (χ2v) is 5.69. The highest BCUT2D eigenvalue weighted by Gasteiger charge is 2.18. The maximum Gasteiger partial charge on any atom is 0.221 e. The van der Waals surface area contributed by atoms with E-state index in [0.29, 0.717) is 6.04 Å². The predicted octanol–water partition coefficient (Wildman–Crippen LogP) is 3.31. The molecule has 1 fully saturated rings. The molecule has 2 rings (SSSR count). The van der Waals surface area contributed by atoms with E-state index in [0.717, 1.165) is 23.7 Å². The lowest BCUT2D eigenvalue weighted by molar-refractivity contribution is -0.114. The summed E-state index contributed by atoms with van der Waals surface area (Å²) in [5, 5.41) is 6.52. The fraction of sp³-hybridized carbons (Fsp3) is 0.562. The zero-order valence-corrected chi connectivity index (χ0v) is 11.9. The van der Waals surface area contributed by atoms with E-state index in [1.54, 1.807) is 6.92 Å². The first kappa shape index (κ1) is 14.1. The molecule has 1 saturated carbocycles. The molecule has 3 heteroatoms. The van der Waals surface area contributed by atoms with Gasteiger partial charge >= 0.3 is 0 Å². The average Bonchev–Trinajstić information content (AvgIpc) is 2.37. The van der Waals surface area contributed by atoms with Crippen molar-refractivity contribution < 1.29 is 4.79 Å². The number of para-hydroxylation sites is 1. The largest absolute Gasteiger partial charge is 0.326 e. The Bertz CT molecular complexity index is 431. The van der Waals surface area contributed by atoms with Crippen LogP contribution in [0.25, 0.3) is 0 Å². The van der Waals surface area contributed by atoms with E-state index in [4.69, 9.17) is 0 Å². The highest BCUT2D eigenvalue weighted by Crippen LogP contribution is 2.24. The van der Waals surface area contributed by atoms with Gasteiger partial charge in [-0.2, -0.15) is 0 Å².